The number of carbonyl (C=O) groups is 1. The molecule has 1 fully saturated rings. The van der Waals surface area contributed by atoms with Crippen LogP contribution < -0.4 is 4.74 Å². The zero-order valence-corrected chi connectivity index (χ0v) is 15.4. The van der Waals surface area contributed by atoms with Gasteiger partial charge in [-0.25, -0.2) is 9.18 Å². The van der Waals surface area contributed by atoms with Gasteiger partial charge >= 0.3 is 5.97 Å². The summed E-state index contributed by atoms with van der Waals surface area (Å²) in [6.07, 6.45) is 9.11. The van der Waals surface area contributed by atoms with Crippen molar-refractivity contribution in [3.05, 3.63) is 65.5 Å². The summed E-state index contributed by atoms with van der Waals surface area (Å²) in [5, 5.41) is 0. The van der Waals surface area contributed by atoms with Crippen LogP contribution in [-0.2, 0) is 6.42 Å². The number of aryl methyl sites for hydroxylation is 1. The fourth-order valence-corrected chi connectivity index (χ4v) is 3.78. The average molecular weight is 354 g/mol. The van der Waals surface area contributed by atoms with E-state index < -0.39 is 5.97 Å². The topological polar surface area (TPSA) is 26.3 Å². The summed E-state index contributed by atoms with van der Waals surface area (Å²) in [4.78, 5) is 12.2. The molecule has 0 heterocycles. The van der Waals surface area contributed by atoms with Gasteiger partial charge in [-0.2, -0.15) is 0 Å². The van der Waals surface area contributed by atoms with Crippen molar-refractivity contribution in [1.82, 2.24) is 0 Å². The van der Waals surface area contributed by atoms with Crippen molar-refractivity contribution in [1.29, 1.82) is 0 Å². The number of carbonyl (C=O) groups excluding carboxylic acids is 1. The highest BCUT2D eigenvalue weighted by molar-refractivity contribution is 5.91. The molecular weight excluding hydrogens is 327 g/mol. The largest absolute Gasteiger partial charge is 0.423 e. The fraction of sp³-hybridized carbons (Fsp3) is 0.435. The summed E-state index contributed by atoms with van der Waals surface area (Å²) in [7, 11) is 0. The van der Waals surface area contributed by atoms with E-state index in [1.54, 1.807) is 0 Å². The Bertz CT molecular complexity index is 698. The molecular formula is C23H27FO2. The Morgan fingerprint density at radius 1 is 0.962 bits per heavy atom. The van der Waals surface area contributed by atoms with Crippen molar-refractivity contribution < 1.29 is 13.9 Å². The van der Waals surface area contributed by atoms with E-state index in [0.717, 1.165) is 18.3 Å². The Balaban J connectivity index is 1.48. The van der Waals surface area contributed by atoms with Crippen molar-refractivity contribution in [2.45, 2.75) is 51.9 Å². The normalized spacial score (nSPS) is 19.9. The van der Waals surface area contributed by atoms with Gasteiger partial charge in [0.2, 0.25) is 0 Å². The molecule has 0 aliphatic heterocycles. The fourth-order valence-electron chi connectivity index (χ4n) is 3.78. The van der Waals surface area contributed by atoms with Gasteiger partial charge in [-0.1, -0.05) is 51.2 Å². The molecule has 3 heteroatoms. The van der Waals surface area contributed by atoms with Crippen molar-refractivity contribution in [2.75, 3.05) is 0 Å². The summed E-state index contributed by atoms with van der Waals surface area (Å²) in [6.45, 7) is 2.30. The third-order valence-electron chi connectivity index (χ3n) is 5.60. The van der Waals surface area contributed by atoms with E-state index in [4.69, 9.17) is 4.74 Å². The second-order valence-electron chi connectivity index (χ2n) is 7.37. The molecule has 1 aliphatic rings. The molecule has 0 spiro atoms. The Morgan fingerprint density at radius 3 is 2.19 bits per heavy atom. The summed E-state index contributed by atoms with van der Waals surface area (Å²) >= 11 is 0. The average Bonchev–Trinajstić information content (AvgIpc) is 2.69. The Hall–Kier alpha value is -2.16. The molecule has 0 radical (unpaired) electrons. The van der Waals surface area contributed by atoms with Gasteiger partial charge in [0.1, 0.15) is 11.6 Å². The first-order valence-corrected chi connectivity index (χ1v) is 9.70. The molecule has 0 unspecified atom stereocenters. The highest BCUT2D eigenvalue weighted by Crippen LogP contribution is 2.33. The minimum absolute atomic E-state index is 0.350. The highest BCUT2D eigenvalue weighted by Gasteiger charge is 2.19. The van der Waals surface area contributed by atoms with E-state index in [1.165, 1.54) is 68.4 Å². The van der Waals surface area contributed by atoms with E-state index >= 15 is 0 Å². The standard InChI is InChI=1S/C23H27FO2/c1-2-17-3-5-18(6-4-17)7-8-19-9-11-20(12-10-19)23(25)26-22-15-13-21(24)14-16-22/h9-18H,2-8H2,1H3/t17-,18-. The first-order valence-electron chi connectivity index (χ1n) is 9.70. The highest BCUT2D eigenvalue weighted by atomic mass is 19.1. The van der Waals surface area contributed by atoms with E-state index in [0.29, 0.717) is 11.3 Å². The number of esters is 1. The predicted octanol–water partition coefficient (Wildman–Crippen LogP) is 6.19. The molecule has 0 atom stereocenters. The Labute approximate surface area is 155 Å². The molecule has 1 saturated carbocycles. The molecule has 3 rings (SSSR count). The molecule has 0 saturated heterocycles. The van der Waals surface area contributed by atoms with Gasteiger partial charge in [0.25, 0.3) is 0 Å². The maximum atomic E-state index is 12.9. The molecule has 26 heavy (non-hydrogen) atoms. The lowest BCUT2D eigenvalue weighted by molar-refractivity contribution is 0.0734. The minimum atomic E-state index is -0.416. The van der Waals surface area contributed by atoms with E-state index in [9.17, 15) is 9.18 Å². The van der Waals surface area contributed by atoms with Crippen LogP contribution in [0.3, 0.4) is 0 Å². The van der Waals surface area contributed by atoms with E-state index in [1.807, 2.05) is 24.3 Å². The van der Waals surface area contributed by atoms with Gasteiger partial charge in [0, 0.05) is 0 Å². The zero-order chi connectivity index (χ0) is 18.4. The van der Waals surface area contributed by atoms with E-state index in [2.05, 4.69) is 6.92 Å². The SMILES string of the molecule is CC[C@H]1CC[C@H](CCc2ccc(C(=O)Oc3ccc(F)cc3)cc2)CC1. The third-order valence-corrected chi connectivity index (χ3v) is 5.60. The van der Waals surface area contributed by atoms with Gasteiger partial charge in [-0.15, -0.1) is 0 Å². The molecule has 138 valence electrons. The maximum absolute atomic E-state index is 12.9. The van der Waals surface area contributed by atoms with Crippen LogP contribution in [0.2, 0.25) is 0 Å². The van der Waals surface area contributed by atoms with Crippen LogP contribution in [0.15, 0.2) is 48.5 Å². The van der Waals surface area contributed by atoms with Gasteiger partial charge in [0.05, 0.1) is 5.56 Å². The molecule has 1 aliphatic carbocycles. The van der Waals surface area contributed by atoms with Gasteiger partial charge in [-0.3, -0.25) is 0 Å². The summed E-state index contributed by atoms with van der Waals surface area (Å²) in [5.41, 5.74) is 1.78. The summed E-state index contributed by atoms with van der Waals surface area (Å²) in [5.74, 6) is 1.38. The van der Waals surface area contributed by atoms with Crippen LogP contribution in [0.4, 0.5) is 4.39 Å². The lowest BCUT2D eigenvalue weighted by Crippen LogP contribution is -2.14. The minimum Gasteiger partial charge on any atom is -0.423 e. The second kappa shape index (κ2) is 8.98. The number of hydrogen-bond acceptors (Lipinski definition) is 2. The lowest BCUT2D eigenvalue weighted by Gasteiger charge is -2.27. The molecule has 2 aromatic carbocycles. The molecule has 0 amide bonds. The zero-order valence-electron chi connectivity index (χ0n) is 15.4. The van der Waals surface area contributed by atoms with Crippen LogP contribution in [0.1, 0.15) is 61.4 Å². The van der Waals surface area contributed by atoms with E-state index in [-0.39, 0.29) is 5.82 Å². The van der Waals surface area contributed by atoms with Crippen LogP contribution in [0, 0.1) is 17.7 Å². The number of benzene rings is 2. The number of ether oxygens (including phenoxy) is 1. The molecule has 0 aromatic heterocycles. The second-order valence-corrected chi connectivity index (χ2v) is 7.37. The van der Waals surface area contributed by atoms with Crippen LogP contribution >= 0.6 is 0 Å². The third kappa shape index (κ3) is 5.17. The van der Waals surface area contributed by atoms with Crippen molar-refractivity contribution in [3.63, 3.8) is 0 Å². The van der Waals surface area contributed by atoms with Crippen LogP contribution in [0.5, 0.6) is 5.75 Å². The molecule has 2 nitrogen and oxygen atoms in total. The first kappa shape index (κ1) is 18.6. The number of hydrogen-bond donors (Lipinski definition) is 0. The Morgan fingerprint density at radius 2 is 1.58 bits per heavy atom. The smallest absolute Gasteiger partial charge is 0.343 e. The quantitative estimate of drug-likeness (QED) is 0.456. The van der Waals surface area contributed by atoms with Gasteiger partial charge in [0.15, 0.2) is 0 Å². The monoisotopic (exact) mass is 354 g/mol. The van der Waals surface area contributed by atoms with Crippen LogP contribution in [-0.4, -0.2) is 5.97 Å². The van der Waals surface area contributed by atoms with Gasteiger partial charge < -0.3 is 4.74 Å². The van der Waals surface area contributed by atoms with Crippen molar-refractivity contribution >= 4 is 5.97 Å². The molecule has 0 bridgehead atoms. The first-order chi connectivity index (χ1) is 12.6. The lowest BCUT2D eigenvalue weighted by atomic mass is 9.78. The van der Waals surface area contributed by atoms with Gasteiger partial charge in [-0.05, 0) is 66.6 Å². The molecule has 2 aromatic rings. The number of rotatable bonds is 6. The number of halogens is 1. The summed E-state index contributed by atoms with van der Waals surface area (Å²) < 4.78 is 18.2. The Kier molecular flexibility index (Phi) is 6.43. The van der Waals surface area contributed by atoms with Crippen molar-refractivity contribution in [3.8, 4) is 5.75 Å². The predicted molar refractivity (Wildman–Crippen MR) is 102 cm³/mol. The summed E-state index contributed by atoms with van der Waals surface area (Å²) in [6, 6.07) is 13.1. The maximum Gasteiger partial charge on any atom is 0.343 e. The van der Waals surface area contributed by atoms with Crippen LogP contribution in [0.25, 0.3) is 0 Å². The van der Waals surface area contributed by atoms with Crippen molar-refractivity contribution in [2.24, 2.45) is 11.8 Å². The molecule has 0 N–H and O–H groups in total.